The van der Waals surface area contributed by atoms with E-state index in [2.05, 4.69) is 4.74 Å². The SMILES string of the molecule is COC(=O)c1cc(C=CCC=O)ccc1F. The van der Waals surface area contributed by atoms with E-state index >= 15 is 0 Å². The molecule has 0 aliphatic carbocycles. The Balaban J connectivity index is 2.97. The predicted molar refractivity (Wildman–Crippen MR) is 57.5 cm³/mol. The summed E-state index contributed by atoms with van der Waals surface area (Å²) in [6, 6.07) is 4.08. The van der Waals surface area contributed by atoms with Gasteiger partial charge in [-0.25, -0.2) is 9.18 Å². The first-order chi connectivity index (χ1) is 7.69. The minimum atomic E-state index is -0.719. The lowest BCUT2D eigenvalue weighted by Gasteiger charge is -2.02. The Morgan fingerprint density at radius 1 is 1.50 bits per heavy atom. The van der Waals surface area contributed by atoms with Crippen LogP contribution in [0, 0.1) is 5.82 Å². The van der Waals surface area contributed by atoms with Crippen molar-refractivity contribution in [3.63, 3.8) is 0 Å². The number of aldehydes is 1. The number of carbonyl (C=O) groups is 2. The molecule has 0 saturated carbocycles. The van der Waals surface area contributed by atoms with Gasteiger partial charge in [-0.3, -0.25) is 0 Å². The minimum Gasteiger partial charge on any atom is -0.465 e. The maximum absolute atomic E-state index is 13.2. The highest BCUT2D eigenvalue weighted by atomic mass is 19.1. The number of methoxy groups -OCH3 is 1. The summed E-state index contributed by atoms with van der Waals surface area (Å²) in [6.45, 7) is 0. The highest BCUT2D eigenvalue weighted by molar-refractivity contribution is 5.90. The van der Waals surface area contributed by atoms with Crippen molar-refractivity contribution < 1.29 is 18.7 Å². The highest BCUT2D eigenvalue weighted by Crippen LogP contribution is 2.13. The van der Waals surface area contributed by atoms with Crippen LogP contribution < -0.4 is 0 Å². The summed E-state index contributed by atoms with van der Waals surface area (Å²) in [6.07, 6.45) is 4.30. The van der Waals surface area contributed by atoms with Crippen molar-refractivity contribution in [3.8, 4) is 0 Å². The van der Waals surface area contributed by atoms with Gasteiger partial charge in [0.2, 0.25) is 0 Å². The molecule has 0 unspecified atom stereocenters. The van der Waals surface area contributed by atoms with Gasteiger partial charge in [-0.1, -0.05) is 18.2 Å². The monoisotopic (exact) mass is 222 g/mol. The maximum atomic E-state index is 13.2. The lowest BCUT2D eigenvalue weighted by Crippen LogP contribution is -2.04. The van der Waals surface area contributed by atoms with Crippen molar-refractivity contribution in [2.45, 2.75) is 6.42 Å². The number of ether oxygens (including phenoxy) is 1. The molecule has 0 radical (unpaired) electrons. The van der Waals surface area contributed by atoms with Crippen LogP contribution >= 0.6 is 0 Å². The first-order valence-electron chi connectivity index (χ1n) is 4.67. The minimum absolute atomic E-state index is 0.115. The molecule has 0 atom stereocenters. The average Bonchev–Trinajstić information content (AvgIpc) is 2.30. The van der Waals surface area contributed by atoms with Crippen LogP contribution in [0.15, 0.2) is 24.3 Å². The van der Waals surface area contributed by atoms with Crippen LogP contribution in [0.4, 0.5) is 4.39 Å². The van der Waals surface area contributed by atoms with E-state index in [1.807, 2.05) is 0 Å². The van der Waals surface area contributed by atoms with Crippen molar-refractivity contribution in [3.05, 3.63) is 41.2 Å². The van der Waals surface area contributed by atoms with Gasteiger partial charge in [0.25, 0.3) is 0 Å². The molecule has 0 saturated heterocycles. The first-order valence-corrected chi connectivity index (χ1v) is 4.67. The average molecular weight is 222 g/mol. The van der Waals surface area contributed by atoms with E-state index in [0.29, 0.717) is 5.56 Å². The Bertz CT molecular complexity index is 424. The number of esters is 1. The molecular formula is C12H11FO3. The first kappa shape index (κ1) is 12.1. The lowest BCUT2D eigenvalue weighted by atomic mass is 10.1. The summed E-state index contributed by atoms with van der Waals surface area (Å²) >= 11 is 0. The van der Waals surface area contributed by atoms with Crippen molar-refractivity contribution in [2.24, 2.45) is 0 Å². The Hall–Kier alpha value is -1.97. The summed E-state index contributed by atoms with van der Waals surface area (Å²) in [5.74, 6) is -1.34. The molecule has 4 heteroatoms. The van der Waals surface area contributed by atoms with Crippen LogP contribution in [-0.4, -0.2) is 19.4 Å². The van der Waals surface area contributed by atoms with Crippen LogP contribution in [0.25, 0.3) is 6.08 Å². The molecular weight excluding hydrogens is 211 g/mol. The summed E-state index contributed by atoms with van der Waals surface area (Å²) in [4.78, 5) is 21.3. The van der Waals surface area contributed by atoms with Gasteiger partial charge < -0.3 is 9.53 Å². The summed E-state index contributed by atoms with van der Waals surface area (Å²) in [5, 5.41) is 0. The Morgan fingerprint density at radius 3 is 2.88 bits per heavy atom. The normalized spacial score (nSPS) is 10.4. The van der Waals surface area contributed by atoms with Gasteiger partial charge in [-0.2, -0.15) is 0 Å². The largest absolute Gasteiger partial charge is 0.465 e. The van der Waals surface area contributed by atoms with E-state index in [1.165, 1.54) is 25.3 Å². The van der Waals surface area contributed by atoms with Gasteiger partial charge in [0, 0.05) is 6.42 Å². The van der Waals surface area contributed by atoms with Gasteiger partial charge in [-0.05, 0) is 17.7 Å². The smallest absolute Gasteiger partial charge is 0.340 e. The molecule has 1 aromatic rings. The molecule has 0 amide bonds. The van der Waals surface area contributed by atoms with Crippen molar-refractivity contribution in [2.75, 3.05) is 7.11 Å². The van der Waals surface area contributed by atoms with Crippen LogP contribution in [0.5, 0.6) is 0 Å². The third-order valence-corrected chi connectivity index (χ3v) is 1.94. The molecule has 1 rings (SSSR count). The Labute approximate surface area is 92.5 Å². The standard InChI is InChI=1S/C12H11FO3/c1-16-12(15)10-8-9(4-2-3-7-14)5-6-11(10)13/h2,4-8H,3H2,1H3. The lowest BCUT2D eigenvalue weighted by molar-refractivity contribution is -0.107. The number of hydrogen-bond donors (Lipinski definition) is 0. The van der Waals surface area contributed by atoms with E-state index in [-0.39, 0.29) is 12.0 Å². The molecule has 0 aliphatic rings. The summed E-state index contributed by atoms with van der Waals surface area (Å²) in [5.41, 5.74) is 0.527. The second-order valence-corrected chi connectivity index (χ2v) is 3.04. The zero-order valence-corrected chi connectivity index (χ0v) is 8.77. The van der Waals surface area contributed by atoms with Crippen LogP contribution in [-0.2, 0) is 9.53 Å². The summed E-state index contributed by atoms with van der Waals surface area (Å²) in [7, 11) is 1.19. The topological polar surface area (TPSA) is 43.4 Å². The molecule has 84 valence electrons. The number of hydrogen-bond acceptors (Lipinski definition) is 3. The van der Waals surface area contributed by atoms with E-state index in [1.54, 1.807) is 12.2 Å². The molecule has 16 heavy (non-hydrogen) atoms. The van der Waals surface area contributed by atoms with E-state index in [0.717, 1.165) is 6.29 Å². The van der Waals surface area contributed by atoms with Gasteiger partial charge in [0.1, 0.15) is 12.1 Å². The fourth-order valence-electron chi connectivity index (χ4n) is 1.17. The quantitative estimate of drug-likeness (QED) is 0.579. The molecule has 0 fully saturated rings. The number of rotatable bonds is 4. The van der Waals surface area contributed by atoms with E-state index < -0.39 is 11.8 Å². The third kappa shape index (κ3) is 3.02. The van der Waals surface area contributed by atoms with E-state index in [9.17, 15) is 14.0 Å². The summed E-state index contributed by atoms with van der Waals surface area (Å²) < 4.78 is 17.7. The van der Waals surface area contributed by atoms with Gasteiger partial charge >= 0.3 is 5.97 Å². The number of allylic oxidation sites excluding steroid dienone is 1. The van der Waals surface area contributed by atoms with E-state index in [4.69, 9.17) is 0 Å². The van der Waals surface area contributed by atoms with Crippen LogP contribution in [0.1, 0.15) is 22.3 Å². The van der Waals surface area contributed by atoms with Crippen molar-refractivity contribution >= 4 is 18.3 Å². The molecule has 0 aromatic heterocycles. The number of carbonyl (C=O) groups excluding carboxylic acids is 2. The van der Waals surface area contributed by atoms with Crippen molar-refractivity contribution in [1.82, 2.24) is 0 Å². The molecule has 0 heterocycles. The molecule has 0 N–H and O–H groups in total. The second-order valence-electron chi connectivity index (χ2n) is 3.04. The zero-order chi connectivity index (χ0) is 12.0. The van der Waals surface area contributed by atoms with Gasteiger partial charge in [0.15, 0.2) is 0 Å². The Kier molecular flexibility index (Phi) is 4.39. The molecule has 1 aromatic carbocycles. The van der Waals surface area contributed by atoms with Crippen LogP contribution in [0.2, 0.25) is 0 Å². The molecule has 0 spiro atoms. The van der Waals surface area contributed by atoms with Gasteiger partial charge in [-0.15, -0.1) is 0 Å². The highest BCUT2D eigenvalue weighted by Gasteiger charge is 2.11. The van der Waals surface area contributed by atoms with Crippen LogP contribution in [0.3, 0.4) is 0 Å². The zero-order valence-electron chi connectivity index (χ0n) is 8.77. The van der Waals surface area contributed by atoms with Gasteiger partial charge in [0.05, 0.1) is 12.7 Å². The molecule has 3 nitrogen and oxygen atoms in total. The van der Waals surface area contributed by atoms with Crippen molar-refractivity contribution in [1.29, 1.82) is 0 Å². The number of halogens is 1. The number of benzene rings is 1. The Morgan fingerprint density at radius 2 is 2.25 bits per heavy atom. The maximum Gasteiger partial charge on any atom is 0.340 e. The third-order valence-electron chi connectivity index (χ3n) is 1.94. The fourth-order valence-corrected chi connectivity index (χ4v) is 1.17. The molecule has 0 bridgehead atoms. The predicted octanol–water partition coefficient (Wildman–Crippen LogP) is 2.21. The second kappa shape index (κ2) is 5.80. The fraction of sp³-hybridized carbons (Fsp3) is 0.167. The molecule has 0 aliphatic heterocycles.